The molecule has 2 saturated heterocycles. The maximum absolute atomic E-state index is 13.1. The van der Waals surface area contributed by atoms with Gasteiger partial charge in [0.2, 0.25) is 5.91 Å². The summed E-state index contributed by atoms with van der Waals surface area (Å²) in [4.78, 5) is 29.3. The molecule has 0 unspecified atom stereocenters. The molecular formula is C26H33N3O5. The molecule has 0 radical (unpaired) electrons. The third-order valence-corrected chi connectivity index (χ3v) is 6.03. The van der Waals surface area contributed by atoms with Crippen molar-refractivity contribution in [1.82, 2.24) is 0 Å². The number of morpholine rings is 1. The summed E-state index contributed by atoms with van der Waals surface area (Å²) in [6.45, 7) is 8.40. The van der Waals surface area contributed by atoms with Crippen LogP contribution in [-0.4, -0.2) is 57.9 Å². The molecule has 4 rings (SSSR count). The first-order chi connectivity index (χ1) is 16.6. The van der Waals surface area contributed by atoms with Crippen LogP contribution in [0.15, 0.2) is 36.4 Å². The fourth-order valence-electron chi connectivity index (χ4n) is 4.31. The number of piperidine rings is 1. The second-order valence-corrected chi connectivity index (χ2v) is 8.29. The minimum atomic E-state index is -0.251. The van der Waals surface area contributed by atoms with E-state index in [1.165, 1.54) is 0 Å². The second-order valence-electron chi connectivity index (χ2n) is 8.29. The van der Waals surface area contributed by atoms with Crippen molar-refractivity contribution in [1.29, 1.82) is 0 Å². The van der Waals surface area contributed by atoms with E-state index in [0.29, 0.717) is 55.6 Å². The van der Waals surface area contributed by atoms with Gasteiger partial charge in [-0.05, 0) is 51.0 Å². The summed E-state index contributed by atoms with van der Waals surface area (Å²) in [5.41, 5.74) is 2.82. The summed E-state index contributed by atoms with van der Waals surface area (Å²) in [6.07, 6.45) is 2.51. The van der Waals surface area contributed by atoms with E-state index in [2.05, 4.69) is 10.2 Å². The Hall–Kier alpha value is -3.26. The number of anilines is 3. The molecule has 1 N–H and O–H groups in total. The molecular weight excluding hydrogens is 434 g/mol. The number of ether oxygens (including phenoxy) is 3. The molecule has 2 aliphatic rings. The van der Waals surface area contributed by atoms with Crippen LogP contribution < -0.4 is 24.6 Å². The van der Waals surface area contributed by atoms with Crippen molar-refractivity contribution in [3.05, 3.63) is 42.0 Å². The quantitative estimate of drug-likeness (QED) is 0.630. The number of hydrogen-bond donors (Lipinski definition) is 1. The Morgan fingerprint density at radius 1 is 0.971 bits per heavy atom. The van der Waals surface area contributed by atoms with E-state index in [1.54, 1.807) is 17.0 Å². The van der Waals surface area contributed by atoms with Crippen LogP contribution in [0.25, 0.3) is 0 Å². The van der Waals surface area contributed by atoms with Gasteiger partial charge >= 0.3 is 0 Å². The number of carbonyl (C=O) groups is 2. The highest BCUT2D eigenvalue weighted by Crippen LogP contribution is 2.39. The van der Waals surface area contributed by atoms with E-state index in [4.69, 9.17) is 14.2 Å². The van der Waals surface area contributed by atoms with Crippen LogP contribution in [0.4, 0.5) is 17.1 Å². The highest BCUT2D eigenvalue weighted by atomic mass is 16.5. The largest absolute Gasteiger partial charge is 0.492 e. The van der Waals surface area contributed by atoms with Gasteiger partial charge in [0.05, 0.1) is 37.8 Å². The molecule has 2 fully saturated rings. The highest BCUT2D eigenvalue weighted by Gasteiger charge is 2.22. The summed E-state index contributed by atoms with van der Waals surface area (Å²) in [7, 11) is 0. The molecule has 2 aromatic carbocycles. The van der Waals surface area contributed by atoms with Crippen molar-refractivity contribution < 1.29 is 23.8 Å². The van der Waals surface area contributed by atoms with E-state index >= 15 is 0 Å². The van der Waals surface area contributed by atoms with Crippen LogP contribution in [0.3, 0.4) is 0 Å². The van der Waals surface area contributed by atoms with Crippen LogP contribution in [0.2, 0.25) is 0 Å². The molecule has 34 heavy (non-hydrogen) atoms. The summed E-state index contributed by atoms with van der Waals surface area (Å²) in [5, 5.41) is 2.98. The molecule has 2 heterocycles. The lowest BCUT2D eigenvalue weighted by atomic mass is 10.1. The van der Waals surface area contributed by atoms with Crippen LogP contribution in [0.1, 0.15) is 43.5 Å². The number of carbonyl (C=O) groups excluding carboxylic acids is 2. The number of hydrogen-bond acceptors (Lipinski definition) is 6. The predicted molar refractivity (Wildman–Crippen MR) is 132 cm³/mol. The molecule has 2 aliphatic heterocycles. The minimum Gasteiger partial charge on any atom is -0.492 e. The standard InChI is InChI=1S/C26H33N3O5/c1-3-33-23-18-22(28-13-15-32-16-14-28)24(34-4-2)17-21(23)27-26(31)19-8-10-20(11-9-19)29-12-6-5-7-25(29)30/h8-11,17-18H,3-7,12-16H2,1-2H3,(H,27,31). The molecule has 8 nitrogen and oxygen atoms in total. The normalized spacial score (nSPS) is 16.4. The first-order valence-corrected chi connectivity index (χ1v) is 12.1. The first-order valence-electron chi connectivity index (χ1n) is 12.1. The van der Waals surface area contributed by atoms with E-state index in [1.807, 2.05) is 38.1 Å². The predicted octanol–water partition coefficient (Wildman–Crippen LogP) is 4.09. The van der Waals surface area contributed by atoms with Crippen molar-refractivity contribution >= 4 is 28.9 Å². The molecule has 0 spiro atoms. The molecule has 182 valence electrons. The Bertz CT molecular complexity index is 1000. The summed E-state index contributed by atoms with van der Waals surface area (Å²) >= 11 is 0. The zero-order valence-electron chi connectivity index (χ0n) is 20.0. The van der Waals surface area contributed by atoms with Gasteiger partial charge in [-0.2, -0.15) is 0 Å². The van der Waals surface area contributed by atoms with Crippen molar-refractivity contribution in [2.45, 2.75) is 33.1 Å². The van der Waals surface area contributed by atoms with Gasteiger partial charge in [0.25, 0.3) is 5.91 Å². The van der Waals surface area contributed by atoms with Gasteiger partial charge < -0.3 is 29.3 Å². The lowest BCUT2D eigenvalue weighted by Crippen LogP contribution is -2.36. The number of amides is 2. The average molecular weight is 468 g/mol. The van der Waals surface area contributed by atoms with Gasteiger partial charge in [-0.15, -0.1) is 0 Å². The summed E-state index contributed by atoms with van der Waals surface area (Å²) in [6, 6.07) is 10.9. The van der Waals surface area contributed by atoms with Gasteiger partial charge in [-0.25, -0.2) is 0 Å². The Balaban J connectivity index is 1.56. The maximum atomic E-state index is 13.1. The third kappa shape index (κ3) is 5.44. The van der Waals surface area contributed by atoms with E-state index in [9.17, 15) is 9.59 Å². The van der Waals surface area contributed by atoms with Crippen LogP contribution >= 0.6 is 0 Å². The molecule has 0 aromatic heterocycles. The number of rotatable bonds is 8. The van der Waals surface area contributed by atoms with Crippen molar-refractivity contribution in [2.75, 3.05) is 61.2 Å². The Labute approximate surface area is 200 Å². The third-order valence-electron chi connectivity index (χ3n) is 6.03. The van der Waals surface area contributed by atoms with E-state index < -0.39 is 0 Å². The van der Waals surface area contributed by atoms with Gasteiger partial charge in [-0.3, -0.25) is 9.59 Å². The van der Waals surface area contributed by atoms with Crippen molar-refractivity contribution in [3.63, 3.8) is 0 Å². The van der Waals surface area contributed by atoms with Gasteiger partial charge in [0.1, 0.15) is 11.5 Å². The van der Waals surface area contributed by atoms with Crippen molar-refractivity contribution in [3.8, 4) is 11.5 Å². The topological polar surface area (TPSA) is 80.3 Å². The van der Waals surface area contributed by atoms with Crippen LogP contribution in [0, 0.1) is 0 Å². The smallest absolute Gasteiger partial charge is 0.255 e. The Kier molecular flexibility index (Phi) is 7.90. The van der Waals surface area contributed by atoms with Crippen molar-refractivity contribution in [2.24, 2.45) is 0 Å². The highest BCUT2D eigenvalue weighted by molar-refractivity contribution is 6.06. The van der Waals surface area contributed by atoms with E-state index in [0.717, 1.165) is 43.9 Å². The molecule has 8 heteroatoms. The molecule has 2 aromatic rings. The van der Waals surface area contributed by atoms with Gasteiger partial charge in [0.15, 0.2) is 0 Å². The fraction of sp³-hybridized carbons (Fsp3) is 0.462. The summed E-state index contributed by atoms with van der Waals surface area (Å²) in [5.74, 6) is 1.17. The lowest BCUT2D eigenvalue weighted by Gasteiger charge is -2.31. The molecule has 0 bridgehead atoms. The SMILES string of the molecule is CCOc1cc(N2CCOCC2)c(OCC)cc1NC(=O)c1ccc(N2CCCCC2=O)cc1. The van der Waals surface area contributed by atoms with Gasteiger partial charge in [0, 0.05) is 49.4 Å². The van der Waals surface area contributed by atoms with Crippen LogP contribution in [0.5, 0.6) is 11.5 Å². The zero-order valence-corrected chi connectivity index (χ0v) is 20.0. The van der Waals surface area contributed by atoms with Gasteiger partial charge in [-0.1, -0.05) is 0 Å². The Morgan fingerprint density at radius 2 is 1.68 bits per heavy atom. The molecule has 2 amide bonds. The maximum Gasteiger partial charge on any atom is 0.255 e. The zero-order chi connectivity index (χ0) is 23.9. The second kappa shape index (κ2) is 11.2. The lowest BCUT2D eigenvalue weighted by molar-refractivity contribution is -0.119. The molecule has 0 aliphatic carbocycles. The molecule has 0 atom stereocenters. The number of nitrogens with one attached hydrogen (secondary N) is 1. The average Bonchev–Trinajstić information content (AvgIpc) is 2.86. The Morgan fingerprint density at radius 3 is 2.35 bits per heavy atom. The monoisotopic (exact) mass is 467 g/mol. The first kappa shape index (κ1) is 23.9. The van der Waals surface area contributed by atoms with Crippen LogP contribution in [-0.2, 0) is 9.53 Å². The summed E-state index contributed by atoms with van der Waals surface area (Å²) < 4.78 is 17.3. The minimum absolute atomic E-state index is 0.133. The van der Waals surface area contributed by atoms with E-state index in [-0.39, 0.29) is 11.8 Å². The number of benzene rings is 2. The fourth-order valence-corrected chi connectivity index (χ4v) is 4.31. The molecule has 0 saturated carbocycles. The number of nitrogens with zero attached hydrogens (tertiary/aromatic N) is 2.